The third kappa shape index (κ3) is 1.76. The van der Waals surface area contributed by atoms with Gasteiger partial charge < -0.3 is 15.3 Å². The van der Waals surface area contributed by atoms with E-state index in [1.165, 1.54) is 4.90 Å². The molecule has 0 bridgehead atoms. The molecule has 0 aromatic heterocycles. The number of carbonyl (C=O) groups is 1. The predicted molar refractivity (Wildman–Crippen MR) is 73.9 cm³/mol. The number of hydrogen-bond donors (Lipinski definition) is 2. The molecular weight excluding hydrogens is 240 g/mol. The SMILES string of the molecule is CN(C)C(=O)N[C@@H]1c2cccc3cccc(c23)[C@@H]1O. The minimum Gasteiger partial charge on any atom is -0.386 e. The van der Waals surface area contributed by atoms with Crippen molar-refractivity contribution in [2.75, 3.05) is 14.1 Å². The first-order valence-corrected chi connectivity index (χ1v) is 6.27. The van der Waals surface area contributed by atoms with E-state index in [0.29, 0.717) is 0 Å². The molecule has 19 heavy (non-hydrogen) atoms. The molecule has 0 aliphatic heterocycles. The molecule has 3 rings (SSSR count). The molecule has 2 N–H and O–H groups in total. The molecule has 4 nitrogen and oxygen atoms in total. The molecule has 0 unspecified atom stereocenters. The standard InChI is InChI=1S/C15H16N2O2/c1-17(2)15(19)16-13-10-7-3-5-9-6-4-8-11(12(9)10)14(13)18/h3-8,13-14,18H,1-2H3,(H,16,19)/t13-,14+/m1/s1. The fraction of sp³-hybridized carbons (Fsp3) is 0.267. The van der Waals surface area contributed by atoms with Crippen LogP contribution in [0.2, 0.25) is 0 Å². The van der Waals surface area contributed by atoms with Crippen molar-refractivity contribution in [1.82, 2.24) is 10.2 Å². The van der Waals surface area contributed by atoms with Gasteiger partial charge in [-0.1, -0.05) is 36.4 Å². The van der Waals surface area contributed by atoms with Gasteiger partial charge in [-0.3, -0.25) is 0 Å². The van der Waals surface area contributed by atoms with E-state index >= 15 is 0 Å². The highest BCUT2D eigenvalue weighted by Crippen LogP contribution is 2.43. The van der Waals surface area contributed by atoms with Crippen LogP contribution in [0.3, 0.4) is 0 Å². The predicted octanol–water partition coefficient (Wildman–Crippen LogP) is 2.20. The van der Waals surface area contributed by atoms with Crippen LogP contribution in [0.15, 0.2) is 36.4 Å². The van der Waals surface area contributed by atoms with Crippen LogP contribution in [0, 0.1) is 0 Å². The number of benzene rings is 2. The summed E-state index contributed by atoms with van der Waals surface area (Å²) in [7, 11) is 3.37. The first kappa shape index (κ1) is 12.0. The van der Waals surface area contributed by atoms with E-state index in [-0.39, 0.29) is 12.1 Å². The average molecular weight is 256 g/mol. The topological polar surface area (TPSA) is 52.6 Å². The fourth-order valence-electron chi connectivity index (χ4n) is 2.67. The Morgan fingerprint density at radius 3 is 2.42 bits per heavy atom. The number of carbonyl (C=O) groups excluding carboxylic acids is 1. The van der Waals surface area contributed by atoms with Crippen molar-refractivity contribution in [3.8, 4) is 0 Å². The Labute approximate surface area is 111 Å². The number of hydrogen-bond acceptors (Lipinski definition) is 2. The highest BCUT2D eigenvalue weighted by atomic mass is 16.3. The quantitative estimate of drug-likeness (QED) is 0.821. The summed E-state index contributed by atoms with van der Waals surface area (Å²) < 4.78 is 0. The van der Waals surface area contributed by atoms with Gasteiger partial charge >= 0.3 is 6.03 Å². The lowest BCUT2D eigenvalue weighted by Gasteiger charge is -2.21. The van der Waals surface area contributed by atoms with Crippen molar-refractivity contribution in [2.24, 2.45) is 0 Å². The second kappa shape index (κ2) is 4.24. The Kier molecular flexibility index (Phi) is 2.68. The number of aliphatic hydroxyl groups is 1. The van der Waals surface area contributed by atoms with Crippen molar-refractivity contribution in [3.63, 3.8) is 0 Å². The summed E-state index contributed by atoms with van der Waals surface area (Å²) in [6.45, 7) is 0. The molecule has 0 spiro atoms. The van der Waals surface area contributed by atoms with Crippen molar-refractivity contribution in [2.45, 2.75) is 12.1 Å². The summed E-state index contributed by atoms with van der Waals surface area (Å²) in [5.41, 5.74) is 1.87. The second-order valence-corrected chi connectivity index (χ2v) is 5.06. The molecule has 98 valence electrons. The number of urea groups is 1. The van der Waals surface area contributed by atoms with Gasteiger partial charge in [0, 0.05) is 14.1 Å². The number of nitrogens with one attached hydrogen (secondary N) is 1. The maximum absolute atomic E-state index is 11.8. The van der Waals surface area contributed by atoms with Crippen LogP contribution in [0.25, 0.3) is 10.8 Å². The normalized spacial score (nSPS) is 20.6. The zero-order valence-corrected chi connectivity index (χ0v) is 10.9. The van der Waals surface area contributed by atoms with E-state index in [1.807, 2.05) is 36.4 Å². The molecule has 1 aliphatic rings. The highest BCUT2D eigenvalue weighted by Gasteiger charge is 2.34. The van der Waals surface area contributed by atoms with Gasteiger partial charge in [0.2, 0.25) is 0 Å². The van der Waals surface area contributed by atoms with E-state index in [1.54, 1.807) is 14.1 Å². The average Bonchev–Trinajstić information content (AvgIpc) is 2.67. The van der Waals surface area contributed by atoms with Crippen molar-refractivity contribution in [3.05, 3.63) is 47.5 Å². The fourth-order valence-corrected chi connectivity index (χ4v) is 2.67. The highest BCUT2D eigenvalue weighted by molar-refractivity contribution is 5.92. The minimum absolute atomic E-state index is 0.200. The maximum atomic E-state index is 11.8. The molecule has 0 saturated heterocycles. The van der Waals surface area contributed by atoms with Crippen LogP contribution in [-0.4, -0.2) is 30.1 Å². The molecule has 0 heterocycles. The maximum Gasteiger partial charge on any atom is 0.317 e. The van der Waals surface area contributed by atoms with Crippen LogP contribution >= 0.6 is 0 Å². The monoisotopic (exact) mass is 256 g/mol. The van der Waals surface area contributed by atoms with Crippen molar-refractivity contribution < 1.29 is 9.90 Å². The van der Waals surface area contributed by atoms with E-state index in [9.17, 15) is 9.90 Å². The van der Waals surface area contributed by atoms with Crippen LogP contribution in [0.1, 0.15) is 23.3 Å². The summed E-state index contributed by atoms with van der Waals surface area (Å²) >= 11 is 0. The molecule has 2 atom stereocenters. The van der Waals surface area contributed by atoms with Crippen molar-refractivity contribution >= 4 is 16.8 Å². The van der Waals surface area contributed by atoms with Gasteiger partial charge in [-0.2, -0.15) is 0 Å². The molecular formula is C15H16N2O2. The van der Waals surface area contributed by atoms with E-state index in [4.69, 9.17) is 0 Å². The Morgan fingerprint density at radius 1 is 1.16 bits per heavy atom. The van der Waals surface area contributed by atoms with E-state index in [2.05, 4.69) is 5.32 Å². The Bertz CT molecular complexity index is 646. The Hall–Kier alpha value is -2.07. The number of nitrogens with zero attached hydrogens (tertiary/aromatic N) is 1. The van der Waals surface area contributed by atoms with E-state index in [0.717, 1.165) is 21.9 Å². The lowest BCUT2D eigenvalue weighted by atomic mass is 10.0. The largest absolute Gasteiger partial charge is 0.386 e. The lowest BCUT2D eigenvalue weighted by Crippen LogP contribution is -2.38. The van der Waals surface area contributed by atoms with Gasteiger partial charge in [0.25, 0.3) is 0 Å². The lowest BCUT2D eigenvalue weighted by molar-refractivity contribution is 0.134. The smallest absolute Gasteiger partial charge is 0.317 e. The number of aliphatic hydroxyl groups excluding tert-OH is 1. The number of amides is 2. The molecule has 0 fully saturated rings. The third-order valence-electron chi connectivity index (χ3n) is 3.62. The summed E-state index contributed by atoms with van der Waals surface area (Å²) in [6, 6.07) is 11.2. The molecule has 0 radical (unpaired) electrons. The first-order chi connectivity index (χ1) is 9.09. The summed E-state index contributed by atoms with van der Waals surface area (Å²) in [5.74, 6) is 0. The van der Waals surface area contributed by atoms with Gasteiger partial charge in [-0.05, 0) is 21.9 Å². The summed E-state index contributed by atoms with van der Waals surface area (Å²) in [5, 5.41) is 15.4. The third-order valence-corrected chi connectivity index (χ3v) is 3.62. The molecule has 2 amide bonds. The van der Waals surface area contributed by atoms with Crippen LogP contribution in [-0.2, 0) is 0 Å². The molecule has 1 aliphatic carbocycles. The van der Waals surface area contributed by atoms with Gasteiger partial charge in [0.15, 0.2) is 0 Å². The second-order valence-electron chi connectivity index (χ2n) is 5.06. The van der Waals surface area contributed by atoms with Crippen LogP contribution in [0.5, 0.6) is 0 Å². The Balaban J connectivity index is 2.08. The first-order valence-electron chi connectivity index (χ1n) is 6.27. The van der Waals surface area contributed by atoms with Crippen LogP contribution < -0.4 is 5.32 Å². The molecule has 4 heteroatoms. The zero-order valence-electron chi connectivity index (χ0n) is 10.9. The van der Waals surface area contributed by atoms with Gasteiger partial charge in [0.1, 0.15) is 6.10 Å². The molecule has 2 aromatic rings. The van der Waals surface area contributed by atoms with Gasteiger partial charge in [-0.25, -0.2) is 4.79 Å². The minimum atomic E-state index is -0.690. The molecule has 0 saturated carbocycles. The molecule has 2 aromatic carbocycles. The van der Waals surface area contributed by atoms with Gasteiger partial charge in [0.05, 0.1) is 6.04 Å². The zero-order chi connectivity index (χ0) is 13.6. The van der Waals surface area contributed by atoms with Gasteiger partial charge in [-0.15, -0.1) is 0 Å². The van der Waals surface area contributed by atoms with Crippen molar-refractivity contribution in [1.29, 1.82) is 0 Å². The van der Waals surface area contributed by atoms with E-state index < -0.39 is 6.10 Å². The summed E-state index contributed by atoms with van der Waals surface area (Å²) in [4.78, 5) is 13.3. The Morgan fingerprint density at radius 2 is 1.79 bits per heavy atom. The number of rotatable bonds is 1. The van der Waals surface area contributed by atoms with Crippen LogP contribution in [0.4, 0.5) is 4.79 Å². The summed E-state index contributed by atoms with van der Waals surface area (Å²) in [6.07, 6.45) is -0.690.